The summed E-state index contributed by atoms with van der Waals surface area (Å²) in [6.45, 7) is 0.239. The van der Waals surface area contributed by atoms with Gasteiger partial charge in [-0.1, -0.05) is 30.3 Å². The van der Waals surface area contributed by atoms with Gasteiger partial charge in [-0.15, -0.1) is 0 Å². The topological polar surface area (TPSA) is 107 Å². The highest BCUT2D eigenvalue weighted by molar-refractivity contribution is 7.89. The largest absolute Gasteiger partial charge is 0.465 e. The van der Waals surface area contributed by atoms with Crippen molar-refractivity contribution in [2.45, 2.75) is 17.7 Å². The van der Waals surface area contributed by atoms with E-state index >= 15 is 0 Å². The quantitative estimate of drug-likeness (QED) is 0.497. The molecular weight excluding hydrogens is 422 g/mol. The van der Waals surface area contributed by atoms with Crippen LogP contribution in [0, 0.1) is 5.92 Å². The van der Waals surface area contributed by atoms with E-state index < -0.39 is 22.0 Å². The molecule has 0 amide bonds. The number of sulfonamides is 1. The Labute approximate surface area is 180 Å². The number of carbonyl (C=O) groups excluding carboxylic acids is 3. The van der Waals surface area contributed by atoms with Crippen molar-refractivity contribution in [2.75, 3.05) is 27.3 Å². The van der Waals surface area contributed by atoms with Crippen LogP contribution in [-0.4, -0.2) is 57.8 Å². The van der Waals surface area contributed by atoms with Gasteiger partial charge in [0, 0.05) is 24.6 Å². The first-order valence-corrected chi connectivity index (χ1v) is 11.1. The van der Waals surface area contributed by atoms with Crippen LogP contribution in [0.3, 0.4) is 0 Å². The van der Waals surface area contributed by atoms with Gasteiger partial charge >= 0.3 is 11.9 Å². The molecule has 9 heteroatoms. The summed E-state index contributed by atoms with van der Waals surface area (Å²) in [5.74, 6) is -1.85. The SMILES string of the molecule is COC(=O)c1ccc(C(=O)OC)c(S(=O)(=O)N2CCC(C(=O)c3ccccc3)CC2)c1. The number of rotatable bonds is 6. The predicted octanol–water partition coefficient (Wildman–Crippen LogP) is 2.54. The van der Waals surface area contributed by atoms with Crippen LogP contribution in [0.1, 0.15) is 43.9 Å². The minimum Gasteiger partial charge on any atom is -0.465 e. The Morgan fingerprint density at radius 3 is 2.06 bits per heavy atom. The third-order valence-corrected chi connectivity index (χ3v) is 7.25. The third kappa shape index (κ3) is 4.67. The summed E-state index contributed by atoms with van der Waals surface area (Å²) in [5, 5.41) is 0. The monoisotopic (exact) mass is 445 g/mol. The van der Waals surface area contributed by atoms with E-state index in [1.165, 1.54) is 23.5 Å². The van der Waals surface area contributed by atoms with Crippen LogP contribution in [0.25, 0.3) is 0 Å². The summed E-state index contributed by atoms with van der Waals surface area (Å²) in [4.78, 5) is 36.4. The number of carbonyl (C=O) groups is 3. The first kappa shape index (κ1) is 22.6. The fourth-order valence-corrected chi connectivity index (χ4v) is 5.27. The molecule has 0 atom stereocenters. The molecule has 3 rings (SSSR count). The molecule has 1 heterocycles. The number of esters is 2. The average Bonchev–Trinajstić information content (AvgIpc) is 2.82. The van der Waals surface area contributed by atoms with Gasteiger partial charge in [-0.25, -0.2) is 18.0 Å². The molecule has 0 radical (unpaired) electrons. The molecule has 0 aromatic heterocycles. The molecule has 0 unspecified atom stereocenters. The fourth-order valence-electron chi connectivity index (χ4n) is 3.59. The van der Waals surface area contributed by atoms with Crippen molar-refractivity contribution in [3.8, 4) is 0 Å². The highest BCUT2D eigenvalue weighted by Gasteiger charge is 2.35. The fraction of sp³-hybridized carbons (Fsp3) is 0.318. The van der Waals surface area contributed by atoms with Gasteiger partial charge in [-0.2, -0.15) is 4.31 Å². The highest BCUT2D eigenvalue weighted by Crippen LogP contribution is 2.29. The number of ether oxygens (including phenoxy) is 2. The van der Waals surface area contributed by atoms with Gasteiger partial charge in [0.1, 0.15) is 0 Å². The minimum atomic E-state index is -4.11. The van der Waals surface area contributed by atoms with Gasteiger partial charge < -0.3 is 9.47 Å². The van der Waals surface area contributed by atoms with Crippen molar-refractivity contribution in [1.82, 2.24) is 4.31 Å². The van der Waals surface area contributed by atoms with E-state index in [1.807, 2.05) is 6.07 Å². The molecule has 164 valence electrons. The van der Waals surface area contributed by atoms with Crippen molar-refractivity contribution in [3.05, 3.63) is 65.2 Å². The Balaban J connectivity index is 1.86. The second-order valence-corrected chi connectivity index (χ2v) is 9.01. The maximum absolute atomic E-state index is 13.3. The zero-order chi connectivity index (χ0) is 22.6. The van der Waals surface area contributed by atoms with E-state index in [2.05, 4.69) is 4.74 Å². The highest BCUT2D eigenvalue weighted by atomic mass is 32.2. The number of benzene rings is 2. The molecule has 1 aliphatic heterocycles. The van der Waals surface area contributed by atoms with E-state index in [0.717, 1.165) is 13.2 Å². The van der Waals surface area contributed by atoms with Gasteiger partial charge in [0.25, 0.3) is 0 Å². The predicted molar refractivity (Wildman–Crippen MR) is 111 cm³/mol. The normalized spacial score (nSPS) is 15.3. The van der Waals surface area contributed by atoms with Crippen molar-refractivity contribution >= 4 is 27.7 Å². The number of Topliss-reactive ketones (excluding diaryl/α,β-unsaturated/α-hetero) is 1. The molecular formula is C22H23NO7S. The molecule has 0 aliphatic carbocycles. The van der Waals surface area contributed by atoms with Crippen molar-refractivity contribution in [1.29, 1.82) is 0 Å². The van der Waals surface area contributed by atoms with Gasteiger partial charge in [0.05, 0.1) is 30.2 Å². The van der Waals surface area contributed by atoms with E-state index in [9.17, 15) is 22.8 Å². The molecule has 0 bridgehead atoms. The lowest BCUT2D eigenvalue weighted by Gasteiger charge is -2.31. The van der Waals surface area contributed by atoms with E-state index in [-0.39, 0.29) is 40.8 Å². The van der Waals surface area contributed by atoms with Gasteiger partial charge in [0.2, 0.25) is 10.0 Å². The summed E-state index contributed by atoms with van der Waals surface area (Å²) < 4.78 is 37.2. The lowest BCUT2D eigenvalue weighted by Crippen LogP contribution is -2.40. The Bertz CT molecular complexity index is 1090. The summed E-state index contributed by atoms with van der Waals surface area (Å²) in [5.41, 5.74) is 0.433. The smallest absolute Gasteiger partial charge is 0.339 e. The molecule has 2 aromatic carbocycles. The molecule has 1 fully saturated rings. The maximum atomic E-state index is 13.3. The Morgan fingerprint density at radius 1 is 0.871 bits per heavy atom. The molecule has 0 saturated carbocycles. The number of piperidine rings is 1. The molecule has 1 aliphatic rings. The minimum absolute atomic E-state index is 0.00266. The van der Waals surface area contributed by atoms with Gasteiger partial charge in [-0.3, -0.25) is 4.79 Å². The standard InChI is InChI=1S/C22H23NO7S/c1-29-21(25)17-8-9-18(22(26)30-2)19(14-17)31(27,28)23-12-10-16(11-13-23)20(24)15-6-4-3-5-7-15/h3-9,14,16H,10-13H2,1-2H3. The summed E-state index contributed by atoms with van der Waals surface area (Å²) >= 11 is 0. The average molecular weight is 445 g/mol. The molecule has 2 aromatic rings. The zero-order valence-electron chi connectivity index (χ0n) is 17.2. The first-order chi connectivity index (χ1) is 14.8. The molecule has 8 nitrogen and oxygen atoms in total. The van der Waals surface area contributed by atoms with Gasteiger partial charge in [0.15, 0.2) is 5.78 Å². The Morgan fingerprint density at radius 2 is 1.48 bits per heavy atom. The number of nitrogens with zero attached hydrogens (tertiary/aromatic N) is 1. The number of ketones is 1. The van der Waals surface area contributed by atoms with E-state index in [4.69, 9.17) is 4.74 Å². The summed E-state index contributed by atoms with van der Waals surface area (Å²) in [7, 11) is -1.79. The number of hydrogen-bond acceptors (Lipinski definition) is 7. The van der Waals surface area contributed by atoms with Crippen LogP contribution < -0.4 is 0 Å². The summed E-state index contributed by atoms with van der Waals surface area (Å²) in [6, 6.07) is 12.5. The summed E-state index contributed by atoms with van der Waals surface area (Å²) in [6.07, 6.45) is 0.717. The lowest BCUT2D eigenvalue weighted by atomic mass is 9.90. The molecule has 0 N–H and O–H groups in total. The van der Waals surface area contributed by atoms with E-state index in [0.29, 0.717) is 18.4 Å². The first-order valence-electron chi connectivity index (χ1n) is 9.69. The Kier molecular flexibility index (Phi) is 6.87. The van der Waals surface area contributed by atoms with Crippen LogP contribution in [0.4, 0.5) is 0 Å². The second kappa shape index (κ2) is 9.40. The molecule has 0 spiro atoms. The van der Waals surface area contributed by atoms with Crippen LogP contribution in [-0.2, 0) is 19.5 Å². The maximum Gasteiger partial charge on any atom is 0.339 e. The second-order valence-electron chi connectivity index (χ2n) is 7.10. The van der Waals surface area contributed by atoms with Crippen LogP contribution in [0.15, 0.2) is 53.4 Å². The molecule has 1 saturated heterocycles. The zero-order valence-corrected chi connectivity index (χ0v) is 18.1. The molecule has 31 heavy (non-hydrogen) atoms. The van der Waals surface area contributed by atoms with Crippen molar-refractivity contribution in [3.63, 3.8) is 0 Å². The number of methoxy groups -OCH3 is 2. The number of hydrogen-bond donors (Lipinski definition) is 0. The van der Waals surface area contributed by atoms with Crippen LogP contribution >= 0.6 is 0 Å². The van der Waals surface area contributed by atoms with Crippen LogP contribution in [0.2, 0.25) is 0 Å². The lowest BCUT2D eigenvalue weighted by molar-refractivity contribution is 0.0583. The van der Waals surface area contributed by atoms with E-state index in [1.54, 1.807) is 24.3 Å². The Hall–Kier alpha value is -3.04. The van der Waals surface area contributed by atoms with Gasteiger partial charge in [-0.05, 0) is 31.0 Å². The van der Waals surface area contributed by atoms with Crippen LogP contribution in [0.5, 0.6) is 0 Å². The van der Waals surface area contributed by atoms with Crippen molar-refractivity contribution in [2.24, 2.45) is 5.92 Å². The third-order valence-electron chi connectivity index (χ3n) is 5.31. The van der Waals surface area contributed by atoms with Crippen molar-refractivity contribution < 1.29 is 32.3 Å².